The van der Waals surface area contributed by atoms with Crippen molar-refractivity contribution in [1.29, 1.82) is 0 Å². The predicted octanol–water partition coefficient (Wildman–Crippen LogP) is 3.41. The smallest absolute Gasteiger partial charge is 0.339 e. The zero-order chi connectivity index (χ0) is 19.4. The summed E-state index contributed by atoms with van der Waals surface area (Å²) in [7, 11) is 0. The minimum absolute atomic E-state index is 0.0166. The molecule has 0 spiro atoms. The Morgan fingerprint density at radius 1 is 1.30 bits per heavy atom. The van der Waals surface area contributed by atoms with E-state index in [4.69, 9.17) is 0 Å². The summed E-state index contributed by atoms with van der Waals surface area (Å²) in [5.41, 5.74) is 2.01. The maximum atomic E-state index is 12.7. The fraction of sp³-hybridized carbons (Fsp3) is 0.381. The fourth-order valence-electron chi connectivity index (χ4n) is 3.72. The lowest BCUT2D eigenvalue weighted by atomic mass is 9.94. The van der Waals surface area contributed by atoms with Gasteiger partial charge in [-0.05, 0) is 25.3 Å². The second kappa shape index (κ2) is 8.20. The molecule has 1 unspecified atom stereocenters. The predicted molar refractivity (Wildman–Crippen MR) is 103 cm³/mol. The van der Waals surface area contributed by atoms with Crippen LogP contribution in [0.15, 0.2) is 49.2 Å². The molecule has 1 aromatic carbocycles. The Balaban J connectivity index is 1.59. The molecule has 1 aromatic heterocycles. The van der Waals surface area contributed by atoms with Gasteiger partial charge in [0, 0.05) is 25.4 Å². The van der Waals surface area contributed by atoms with Crippen LogP contribution in [0, 0.1) is 6.92 Å². The number of allylic oxidation sites excluding steroid dienone is 1. The summed E-state index contributed by atoms with van der Waals surface area (Å²) in [4.78, 5) is 25.8. The summed E-state index contributed by atoms with van der Waals surface area (Å²) in [5, 5.41) is 13.4. The molecule has 3 rings (SSSR count). The van der Waals surface area contributed by atoms with Crippen LogP contribution in [0.5, 0.6) is 0 Å². The molecular weight excluding hydrogens is 342 g/mol. The van der Waals surface area contributed by atoms with E-state index in [2.05, 4.69) is 11.7 Å². The first kappa shape index (κ1) is 18.9. The van der Waals surface area contributed by atoms with Gasteiger partial charge in [-0.1, -0.05) is 36.4 Å². The van der Waals surface area contributed by atoms with Crippen LogP contribution in [-0.4, -0.2) is 44.8 Å². The number of carboxylic acid groups (broad SMARTS) is 1. The van der Waals surface area contributed by atoms with Crippen LogP contribution >= 0.6 is 0 Å². The second-order valence-corrected chi connectivity index (χ2v) is 6.96. The van der Waals surface area contributed by atoms with Crippen LogP contribution < -0.4 is 0 Å². The number of piperidine rings is 1. The molecule has 1 aliphatic heterocycles. The Morgan fingerprint density at radius 2 is 1.96 bits per heavy atom. The molecule has 2 aromatic rings. The largest absolute Gasteiger partial charge is 0.478 e. The number of aromatic nitrogens is 2. The third-order valence-electron chi connectivity index (χ3n) is 5.34. The van der Waals surface area contributed by atoms with E-state index >= 15 is 0 Å². The molecule has 0 bridgehead atoms. The van der Waals surface area contributed by atoms with Crippen LogP contribution in [0.3, 0.4) is 0 Å². The number of carbonyl (C=O) groups excluding carboxylic acids is 1. The molecule has 142 valence electrons. The summed E-state index contributed by atoms with van der Waals surface area (Å²) < 4.78 is 1.79. The van der Waals surface area contributed by atoms with Gasteiger partial charge in [0.2, 0.25) is 5.91 Å². The minimum atomic E-state index is -0.956. The normalized spacial score (nSPS) is 16.1. The van der Waals surface area contributed by atoms with E-state index in [0.717, 1.165) is 18.4 Å². The third-order valence-corrected chi connectivity index (χ3v) is 5.34. The molecule has 0 aliphatic carbocycles. The molecule has 1 fully saturated rings. The van der Waals surface area contributed by atoms with E-state index in [-0.39, 0.29) is 23.4 Å². The van der Waals surface area contributed by atoms with Crippen molar-refractivity contribution in [1.82, 2.24) is 14.7 Å². The Morgan fingerprint density at radius 3 is 2.52 bits per heavy atom. The lowest BCUT2D eigenvalue weighted by Crippen LogP contribution is -2.39. The van der Waals surface area contributed by atoms with Crippen molar-refractivity contribution in [3.63, 3.8) is 0 Å². The van der Waals surface area contributed by atoms with Crippen LogP contribution in [0.25, 0.3) is 0 Å². The quantitative estimate of drug-likeness (QED) is 0.794. The lowest BCUT2D eigenvalue weighted by Gasteiger charge is -2.33. The van der Waals surface area contributed by atoms with Gasteiger partial charge in [-0.2, -0.15) is 5.10 Å². The maximum absolute atomic E-state index is 12.7. The van der Waals surface area contributed by atoms with Gasteiger partial charge in [0.15, 0.2) is 0 Å². The molecule has 0 radical (unpaired) electrons. The standard InChI is InChI=1S/C21H25N3O3/c1-3-16(17-7-5-4-6-8-17)13-20(25)23-11-9-18(10-12-23)24-15(2)19(14-22-24)21(26)27/h3-8,14,16,18H,1,9-13H2,2H3,(H,26,27). The number of benzene rings is 1. The van der Waals surface area contributed by atoms with E-state index in [1.165, 1.54) is 6.20 Å². The maximum Gasteiger partial charge on any atom is 0.339 e. The molecule has 1 aliphatic rings. The topological polar surface area (TPSA) is 75.4 Å². The molecule has 6 nitrogen and oxygen atoms in total. The highest BCUT2D eigenvalue weighted by atomic mass is 16.4. The number of carbonyl (C=O) groups is 2. The van der Waals surface area contributed by atoms with Gasteiger partial charge in [0.1, 0.15) is 5.56 Å². The third kappa shape index (κ3) is 4.10. The summed E-state index contributed by atoms with van der Waals surface area (Å²) >= 11 is 0. The van der Waals surface area contributed by atoms with Crippen LogP contribution in [0.1, 0.15) is 52.8 Å². The van der Waals surface area contributed by atoms with Gasteiger partial charge in [-0.25, -0.2) is 4.79 Å². The van der Waals surface area contributed by atoms with E-state index in [1.54, 1.807) is 11.6 Å². The van der Waals surface area contributed by atoms with E-state index in [1.807, 2.05) is 41.3 Å². The van der Waals surface area contributed by atoms with Crippen LogP contribution in [0.2, 0.25) is 0 Å². The lowest BCUT2D eigenvalue weighted by molar-refractivity contribution is -0.132. The number of rotatable bonds is 6. The SMILES string of the molecule is C=CC(CC(=O)N1CCC(n2ncc(C(=O)O)c2C)CC1)c1ccccc1. The molecule has 2 heterocycles. The van der Waals surface area contributed by atoms with Gasteiger partial charge in [0.05, 0.1) is 17.9 Å². The number of likely N-dealkylation sites (tertiary alicyclic amines) is 1. The van der Waals surface area contributed by atoms with Crippen LogP contribution in [-0.2, 0) is 4.79 Å². The Kier molecular flexibility index (Phi) is 5.74. The van der Waals surface area contributed by atoms with Crippen molar-refractivity contribution < 1.29 is 14.7 Å². The number of carboxylic acids is 1. The molecule has 27 heavy (non-hydrogen) atoms. The number of nitrogens with zero attached hydrogens (tertiary/aromatic N) is 3. The molecule has 1 N–H and O–H groups in total. The number of aromatic carboxylic acids is 1. The Bertz CT molecular complexity index is 820. The number of hydrogen-bond acceptors (Lipinski definition) is 3. The van der Waals surface area contributed by atoms with E-state index in [0.29, 0.717) is 25.2 Å². The Labute approximate surface area is 159 Å². The van der Waals surface area contributed by atoms with Crippen LogP contribution in [0.4, 0.5) is 0 Å². The molecule has 1 saturated heterocycles. The van der Waals surface area contributed by atoms with Gasteiger partial charge in [-0.3, -0.25) is 9.48 Å². The summed E-state index contributed by atoms with van der Waals surface area (Å²) in [6, 6.07) is 10.1. The van der Waals surface area contributed by atoms with Crippen molar-refractivity contribution >= 4 is 11.9 Å². The Hall–Kier alpha value is -2.89. The first-order chi connectivity index (χ1) is 13.0. The first-order valence-electron chi connectivity index (χ1n) is 9.24. The van der Waals surface area contributed by atoms with Crippen molar-refractivity contribution in [2.45, 2.75) is 38.1 Å². The van der Waals surface area contributed by atoms with Crippen molar-refractivity contribution in [2.75, 3.05) is 13.1 Å². The van der Waals surface area contributed by atoms with Crippen molar-refractivity contribution in [2.24, 2.45) is 0 Å². The molecule has 1 atom stereocenters. The zero-order valence-electron chi connectivity index (χ0n) is 15.5. The number of hydrogen-bond donors (Lipinski definition) is 1. The van der Waals surface area contributed by atoms with Crippen molar-refractivity contribution in [3.8, 4) is 0 Å². The first-order valence-corrected chi connectivity index (χ1v) is 9.24. The molecule has 6 heteroatoms. The van der Waals surface area contributed by atoms with E-state index < -0.39 is 5.97 Å². The highest BCUT2D eigenvalue weighted by molar-refractivity contribution is 5.88. The molecule has 1 amide bonds. The summed E-state index contributed by atoms with van der Waals surface area (Å²) in [6.07, 6.45) is 5.21. The zero-order valence-corrected chi connectivity index (χ0v) is 15.5. The average molecular weight is 367 g/mol. The van der Waals surface area contributed by atoms with E-state index in [9.17, 15) is 14.7 Å². The summed E-state index contributed by atoms with van der Waals surface area (Å²) in [6.45, 7) is 6.98. The minimum Gasteiger partial charge on any atom is -0.478 e. The van der Waals surface area contributed by atoms with Gasteiger partial charge >= 0.3 is 5.97 Å². The molecular formula is C21H25N3O3. The highest BCUT2D eigenvalue weighted by Crippen LogP contribution is 2.27. The average Bonchev–Trinajstić information content (AvgIpc) is 3.08. The van der Waals surface area contributed by atoms with Crippen molar-refractivity contribution in [3.05, 3.63) is 66.0 Å². The monoisotopic (exact) mass is 367 g/mol. The summed E-state index contributed by atoms with van der Waals surface area (Å²) in [5.74, 6) is -0.809. The van der Waals surface area contributed by atoms with Gasteiger partial charge < -0.3 is 10.0 Å². The number of amides is 1. The highest BCUT2D eigenvalue weighted by Gasteiger charge is 2.27. The second-order valence-electron chi connectivity index (χ2n) is 6.96. The fourth-order valence-corrected chi connectivity index (χ4v) is 3.72. The molecule has 0 saturated carbocycles. The van der Waals surface area contributed by atoms with Gasteiger partial charge in [0.25, 0.3) is 0 Å². The van der Waals surface area contributed by atoms with Gasteiger partial charge in [-0.15, -0.1) is 6.58 Å².